The van der Waals surface area contributed by atoms with Gasteiger partial charge in [0.05, 0.1) is 18.5 Å². The molecule has 0 spiro atoms. The minimum Gasteiger partial charge on any atom is -0.359 e. The number of halogens is 1. The van der Waals surface area contributed by atoms with E-state index in [1.165, 1.54) is 10.6 Å². The lowest BCUT2D eigenvalue weighted by atomic mass is 10.1. The van der Waals surface area contributed by atoms with Gasteiger partial charge in [-0.2, -0.15) is 0 Å². The second-order valence-corrected chi connectivity index (χ2v) is 8.53. The van der Waals surface area contributed by atoms with E-state index in [0.717, 1.165) is 11.1 Å². The number of aromatic nitrogens is 1. The Kier molecular flexibility index (Phi) is 4.96. The lowest BCUT2D eigenvalue weighted by Crippen LogP contribution is -2.29. The molecule has 2 aromatic carbocycles. The maximum absolute atomic E-state index is 12.2. The molecule has 1 heterocycles. The average Bonchev–Trinajstić information content (AvgIpc) is 3.02. The smallest absolute Gasteiger partial charge is 0.232 e. The summed E-state index contributed by atoms with van der Waals surface area (Å²) >= 11 is 3.40. The quantitative estimate of drug-likeness (QED) is 0.614. The fourth-order valence-corrected chi connectivity index (χ4v) is 3.92. The molecule has 0 aliphatic rings. The first-order chi connectivity index (χ1) is 11.8. The molecule has 0 bridgehead atoms. The number of nitrogens with zero attached hydrogens (tertiary/aromatic N) is 2. The van der Waals surface area contributed by atoms with E-state index in [-0.39, 0.29) is 6.54 Å². The molecule has 0 atom stereocenters. The van der Waals surface area contributed by atoms with E-state index in [0.29, 0.717) is 21.6 Å². The summed E-state index contributed by atoms with van der Waals surface area (Å²) < 4.78 is 31.8. The molecular weight excluding hydrogens is 404 g/mol. The monoisotopic (exact) mass is 420 g/mol. The van der Waals surface area contributed by atoms with E-state index in [4.69, 9.17) is 4.52 Å². The molecule has 0 aliphatic heterocycles. The van der Waals surface area contributed by atoms with Crippen molar-refractivity contribution in [3.63, 3.8) is 0 Å². The molecule has 1 aromatic heterocycles. The first-order valence-corrected chi connectivity index (χ1v) is 10.2. The predicted molar refractivity (Wildman–Crippen MR) is 102 cm³/mol. The van der Waals surface area contributed by atoms with Crippen LogP contribution in [-0.2, 0) is 16.6 Å². The van der Waals surface area contributed by atoms with E-state index in [1.54, 1.807) is 24.3 Å². The molecule has 0 unspecified atom stereocenters. The zero-order valence-electron chi connectivity index (χ0n) is 13.8. The van der Waals surface area contributed by atoms with Crippen LogP contribution < -0.4 is 4.31 Å². The molecule has 5 nitrogen and oxygen atoms in total. The summed E-state index contributed by atoms with van der Waals surface area (Å²) in [7, 11) is -3.48. The Bertz CT molecular complexity index is 982. The lowest BCUT2D eigenvalue weighted by Gasteiger charge is -2.22. The minimum atomic E-state index is -3.48. The molecule has 0 saturated heterocycles. The molecule has 0 aliphatic carbocycles. The third kappa shape index (κ3) is 4.11. The molecule has 0 fully saturated rings. The Hall–Kier alpha value is -2.12. The van der Waals surface area contributed by atoms with Crippen molar-refractivity contribution in [3.8, 4) is 11.3 Å². The minimum absolute atomic E-state index is 0.0698. The van der Waals surface area contributed by atoms with Crippen molar-refractivity contribution >= 4 is 31.6 Å². The molecule has 3 rings (SSSR count). The number of aryl methyl sites for hydroxylation is 1. The van der Waals surface area contributed by atoms with Gasteiger partial charge in [0, 0.05) is 16.1 Å². The second-order valence-electron chi connectivity index (χ2n) is 5.77. The zero-order valence-corrected chi connectivity index (χ0v) is 16.2. The lowest BCUT2D eigenvalue weighted by molar-refractivity contribution is 0.387. The SMILES string of the molecule is Cc1ccc(-c2cc(CN(c3ccccc3Br)S(C)(=O)=O)on2)cc1. The van der Waals surface area contributed by atoms with Crippen molar-refractivity contribution in [2.75, 3.05) is 10.6 Å². The Morgan fingerprint density at radius 2 is 1.80 bits per heavy atom. The number of hydrogen-bond donors (Lipinski definition) is 0. The van der Waals surface area contributed by atoms with Gasteiger partial charge in [-0.25, -0.2) is 8.42 Å². The van der Waals surface area contributed by atoms with Gasteiger partial charge in [-0.1, -0.05) is 47.1 Å². The van der Waals surface area contributed by atoms with Crippen LogP contribution in [0.25, 0.3) is 11.3 Å². The molecular formula is C18H17BrN2O3S. The Labute approximate surface area is 155 Å². The Morgan fingerprint density at radius 3 is 2.44 bits per heavy atom. The Morgan fingerprint density at radius 1 is 1.12 bits per heavy atom. The highest BCUT2D eigenvalue weighted by atomic mass is 79.9. The van der Waals surface area contributed by atoms with Crippen LogP contribution in [0.5, 0.6) is 0 Å². The van der Waals surface area contributed by atoms with Crippen molar-refractivity contribution in [2.45, 2.75) is 13.5 Å². The molecule has 0 saturated carbocycles. The summed E-state index contributed by atoms with van der Waals surface area (Å²) in [6.07, 6.45) is 1.17. The topological polar surface area (TPSA) is 63.4 Å². The van der Waals surface area contributed by atoms with Gasteiger partial charge in [-0.15, -0.1) is 0 Å². The highest BCUT2D eigenvalue weighted by molar-refractivity contribution is 9.10. The van der Waals surface area contributed by atoms with Crippen molar-refractivity contribution < 1.29 is 12.9 Å². The van der Waals surface area contributed by atoms with Gasteiger partial charge in [0.25, 0.3) is 0 Å². The summed E-state index contributed by atoms with van der Waals surface area (Å²) in [6.45, 7) is 2.08. The van der Waals surface area contributed by atoms with E-state index in [2.05, 4.69) is 21.1 Å². The highest BCUT2D eigenvalue weighted by Gasteiger charge is 2.22. The van der Waals surface area contributed by atoms with Gasteiger partial charge < -0.3 is 4.52 Å². The van der Waals surface area contributed by atoms with Crippen LogP contribution in [-0.4, -0.2) is 19.8 Å². The first kappa shape index (κ1) is 17.7. The van der Waals surface area contributed by atoms with E-state index >= 15 is 0 Å². The molecule has 0 radical (unpaired) electrons. The fraction of sp³-hybridized carbons (Fsp3) is 0.167. The number of hydrogen-bond acceptors (Lipinski definition) is 4. The van der Waals surface area contributed by atoms with Crippen LogP contribution in [0.2, 0.25) is 0 Å². The van der Waals surface area contributed by atoms with E-state index < -0.39 is 10.0 Å². The number of anilines is 1. The van der Waals surface area contributed by atoms with Crippen LogP contribution in [0.4, 0.5) is 5.69 Å². The number of benzene rings is 2. The van der Waals surface area contributed by atoms with Gasteiger partial charge >= 0.3 is 0 Å². The summed E-state index contributed by atoms with van der Waals surface area (Å²) in [4.78, 5) is 0. The second kappa shape index (κ2) is 7.01. The van der Waals surface area contributed by atoms with Gasteiger partial charge in [0.1, 0.15) is 5.69 Å². The average molecular weight is 421 g/mol. The van der Waals surface area contributed by atoms with Gasteiger partial charge in [-0.3, -0.25) is 4.31 Å². The zero-order chi connectivity index (χ0) is 18.0. The molecule has 25 heavy (non-hydrogen) atoms. The van der Waals surface area contributed by atoms with Crippen LogP contribution >= 0.6 is 15.9 Å². The van der Waals surface area contributed by atoms with Crippen LogP contribution in [0.3, 0.4) is 0 Å². The van der Waals surface area contributed by atoms with E-state index in [9.17, 15) is 8.42 Å². The summed E-state index contributed by atoms with van der Waals surface area (Å²) in [5, 5.41) is 4.06. The highest BCUT2D eigenvalue weighted by Crippen LogP contribution is 2.30. The van der Waals surface area contributed by atoms with Gasteiger partial charge in [0.2, 0.25) is 10.0 Å². The third-order valence-corrected chi connectivity index (χ3v) is 5.52. The summed E-state index contributed by atoms with van der Waals surface area (Å²) in [6, 6.07) is 16.8. The van der Waals surface area contributed by atoms with Crippen molar-refractivity contribution in [2.24, 2.45) is 0 Å². The van der Waals surface area contributed by atoms with Gasteiger partial charge in [0.15, 0.2) is 5.76 Å². The predicted octanol–water partition coefficient (Wildman–Crippen LogP) is 4.38. The number of rotatable bonds is 5. The van der Waals surface area contributed by atoms with Crippen LogP contribution in [0, 0.1) is 6.92 Å². The maximum atomic E-state index is 12.2. The Balaban J connectivity index is 1.91. The normalized spacial score (nSPS) is 11.5. The molecule has 7 heteroatoms. The molecule has 0 amide bonds. The van der Waals surface area contributed by atoms with Gasteiger partial charge in [-0.05, 0) is 35.0 Å². The maximum Gasteiger partial charge on any atom is 0.232 e. The first-order valence-electron chi connectivity index (χ1n) is 7.59. The van der Waals surface area contributed by atoms with Crippen LogP contribution in [0.1, 0.15) is 11.3 Å². The molecule has 130 valence electrons. The third-order valence-electron chi connectivity index (χ3n) is 3.73. The fourth-order valence-electron chi connectivity index (χ4n) is 2.42. The number of para-hydroxylation sites is 1. The van der Waals surface area contributed by atoms with Crippen molar-refractivity contribution in [3.05, 3.63) is 70.4 Å². The summed E-state index contributed by atoms with van der Waals surface area (Å²) in [5.74, 6) is 0.469. The standard InChI is InChI=1S/C18H17BrN2O3S/c1-13-7-9-14(10-8-13)17-11-15(24-20-17)12-21(25(2,22)23)18-6-4-3-5-16(18)19/h3-11H,12H2,1-2H3. The largest absolute Gasteiger partial charge is 0.359 e. The molecule has 3 aromatic rings. The van der Waals surface area contributed by atoms with Crippen molar-refractivity contribution in [1.82, 2.24) is 5.16 Å². The number of sulfonamides is 1. The van der Waals surface area contributed by atoms with E-state index in [1.807, 2.05) is 37.3 Å². The van der Waals surface area contributed by atoms with Crippen molar-refractivity contribution in [1.29, 1.82) is 0 Å². The molecule has 0 N–H and O–H groups in total. The van der Waals surface area contributed by atoms with Crippen LogP contribution in [0.15, 0.2) is 63.6 Å². The summed E-state index contributed by atoms with van der Waals surface area (Å²) in [5.41, 5.74) is 3.31.